The van der Waals surface area contributed by atoms with Crippen LogP contribution >= 0.6 is 0 Å². The summed E-state index contributed by atoms with van der Waals surface area (Å²) in [5.74, 6) is 0.615. The second kappa shape index (κ2) is 7.34. The van der Waals surface area contributed by atoms with Gasteiger partial charge in [0.15, 0.2) is 0 Å². The highest BCUT2D eigenvalue weighted by Crippen LogP contribution is 2.39. The first-order valence-corrected chi connectivity index (χ1v) is 10.6. The molecule has 0 aromatic heterocycles. The van der Waals surface area contributed by atoms with Crippen molar-refractivity contribution in [2.45, 2.75) is 37.7 Å². The molecule has 1 N–H and O–H groups in total. The third kappa shape index (κ3) is 3.36. The molecule has 1 spiro atoms. The van der Waals surface area contributed by atoms with Crippen molar-refractivity contribution in [2.75, 3.05) is 31.1 Å². The minimum absolute atomic E-state index is 0.0314. The lowest BCUT2D eigenvalue weighted by Crippen LogP contribution is -2.41. The van der Waals surface area contributed by atoms with Gasteiger partial charge in [-0.25, -0.2) is 0 Å². The summed E-state index contributed by atoms with van der Waals surface area (Å²) < 4.78 is 6.18. The number of nitrogens with zero attached hydrogens (tertiary/aromatic N) is 1. The van der Waals surface area contributed by atoms with Crippen molar-refractivity contribution in [2.24, 2.45) is 5.92 Å². The number of rotatable bonds is 3. The Morgan fingerprint density at radius 3 is 2.75 bits per heavy atom. The summed E-state index contributed by atoms with van der Waals surface area (Å²) in [5.41, 5.74) is 4.87. The van der Waals surface area contributed by atoms with E-state index < -0.39 is 0 Å². The SMILES string of the molecule is O=C(CC1COC2(CCNCC2)C1)N1CCc2cc(-c3ccccc3)ccc21. The molecule has 3 aliphatic rings. The van der Waals surface area contributed by atoms with E-state index in [-0.39, 0.29) is 11.5 Å². The largest absolute Gasteiger partial charge is 0.375 e. The number of piperidine rings is 1. The number of hydrogen-bond acceptors (Lipinski definition) is 3. The first kappa shape index (κ1) is 17.9. The second-order valence-electron chi connectivity index (χ2n) is 8.52. The molecule has 1 amide bonds. The van der Waals surface area contributed by atoms with E-state index in [9.17, 15) is 4.79 Å². The van der Waals surface area contributed by atoms with E-state index in [1.807, 2.05) is 11.0 Å². The predicted octanol–water partition coefficient (Wildman–Crippen LogP) is 3.79. The molecular formula is C24H28N2O2. The van der Waals surface area contributed by atoms with Crippen LogP contribution in [0.15, 0.2) is 48.5 Å². The quantitative estimate of drug-likeness (QED) is 0.886. The lowest BCUT2D eigenvalue weighted by Gasteiger charge is -2.33. The van der Waals surface area contributed by atoms with Crippen LogP contribution in [0.5, 0.6) is 0 Å². The number of anilines is 1. The lowest BCUT2D eigenvalue weighted by molar-refractivity contribution is -0.119. The van der Waals surface area contributed by atoms with Gasteiger partial charge in [0.25, 0.3) is 0 Å². The van der Waals surface area contributed by atoms with Gasteiger partial charge < -0.3 is 15.0 Å². The summed E-state index contributed by atoms with van der Waals surface area (Å²) in [6.45, 7) is 3.60. The van der Waals surface area contributed by atoms with Gasteiger partial charge in [0.2, 0.25) is 5.91 Å². The van der Waals surface area contributed by atoms with Gasteiger partial charge in [0, 0.05) is 18.7 Å². The normalized spacial score (nSPS) is 23.1. The van der Waals surface area contributed by atoms with E-state index in [0.717, 1.165) is 57.6 Å². The molecule has 0 saturated carbocycles. The highest BCUT2D eigenvalue weighted by molar-refractivity contribution is 5.96. The highest BCUT2D eigenvalue weighted by Gasteiger charge is 2.42. The van der Waals surface area contributed by atoms with Crippen LogP contribution in [0.4, 0.5) is 5.69 Å². The summed E-state index contributed by atoms with van der Waals surface area (Å²) in [5, 5.41) is 3.41. The van der Waals surface area contributed by atoms with Gasteiger partial charge in [0.05, 0.1) is 12.2 Å². The van der Waals surface area contributed by atoms with Crippen molar-refractivity contribution in [1.82, 2.24) is 5.32 Å². The van der Waals surface area contributed by atoms with E-state index in [2.05, 4.69) is 47.8 Å². The number of carbonyl (C=O) groups excluding carboxylic acids is 1. The van der Waals surface area contributed by atoms with Crippen LogP contribution in [0.2, 0.25) is 0 Å². The van der Waals surface area contributed by atoms with Crippen molar-refractivity contribution in [3.63, 3.8) is 0 Å². The van der Waals surface area contributed by atoms with Crippen LogP contribution in [0.3, 0.4) is 0 Å². The second-order valence-corrected chi connectivity index (χ2v) is 8.52. The third-order valence-corrected chi connectivity index (χ3v) is 6.65. The molecule has 0 radical (unpaired) electrons. The van der Waals surface area contributed by atoms with Crippen molar-refractivity contribution >= 4 is 11.6 Å². The number of ether oxygens (including phenoxy) is 1. The van der Waals surface area contributed by atoms with E-state index in [1.54, 1.807) is 0 Å². The Labute approximate surface area is 166 Å². The monoisotopic (exact) mass is 376 g/mol. The number of carbonyl (C=O) groups is 1. The van der Waals surface area contributed by atoms with Crippen LogP contribution < -0.4 is 10.2 Å². The van der Waals surface area contributed by atoms with Gasteiger partial charge in [-0.1, -0.05) is 36.4 Å². The van der Waals surface area contributed by atoms with E-state index in [1.165, 1.54) is 16.7 Å². The van der Waals surface area contributed by atoms with Crippen LogP contribution in [0.1, 0.15) is 31.2 Å². The molecular weight excluding hydrogens is 348 g/mol. The number of nitrogens with one attached hydrogen (secondary N) is 1. The van der Waals surface area contributed by atoms with Crippen LogP contribution in [-0.2, 0) is 16.0 Å². The van der Waals surface area contributed by atoms with Crippen molar-refractivity contribution < 1.29 is 9.53 Å². The number of fused-ring (bicyclic) bond motifs is 1. The maximum atomic E-state index is 13.0. The maximum Gasteiger partial charge on any atom is 0.227 e. The Hall–Kier alpha value is -2.17. The summed E-state index contributed by atoms with van der Waals surface area (Å²) in [6, 6.07) is 17.0. The maximum absolute atomic E-state index is 13.0. The smallest absolute Gasteiger partial charge is 0.227 e. The molecule has 146 valence electrons. The molecule has 2 aromatic rings. The Bertz CT molecular complexity index is 858. The predicted molar refractivity (Wildman–Crippen MR) is 111 cm³/mol. The average Bonchev–Trinajstić information content (AvgIpc) is 3.33. The number of hydrogen-bond donors (Lipinski definition) is 1. The fraction of sp³-hybridized carbons (Fsp3) is 0.458. The summed E-state index contributed by atoms with van der Waals surface area (Å²) in [7, 11) is 0. The first-order chi connectivity index (χ1) is 13.7. The zero-order valence-electron chi connectivity index (χ0n) is 16.3. The fourth-order valence-electron chi connectivity index (χ4n) is 5.13. The third-order valence-electron chi connectivity index (χ3n) is 6.65. The molecule has 0 aliphatic carbocycles. The molecule has 1 atom stereocenters. The van der Waals surface area contributed by atoms with Crippen molar-refractivity contribution in [3.05, 3.63) is 54.1 Å². The minimum atomic E-state index is 0.0314. The summed E-state index contributed by atoms with van der Waals surface area (Å²) >= 11 is 0. The first-order valence-electron chi connectivity index (χ1n) is 10.6. The van der Waals surface area contributed by atoms with E-state index >= 15 is 0 Å². The van der Waals surface area contributed by atoms with Gasteiger partial charge in [0.1, 0.15) is 0 Å². The molecule has 4 heteroatoms. The molecule has 5 rings (SSSR count). The van der Waals surface area contributed by atoms with Crippen LogP contribution in [-0.4, -0.2) is 37.7 Å². The van der Waals surface area contributed by atoms with Crippen LogP contribution in [0.25, 0.3) is 11.1 Å². The molecule has 2 aromatic carbocycles. The van der Waals surface area contributed by atoms with Gasteiger partial charge in [-0.2, -0.15) is 0 Å². The molecule has 28 heavy (non-hydrogen) atoms. The van der Waals surface area contributed by atoms with Gasteiger partial charge in [-0.05, 0) is 73.5 Å². The van der Waals surface area contributed by atoms with Crippen LogP contribution in [0, 0.1) is 5.92 Å². The Kier molecular flexibility index (Phi) is 4.69. The molecule has 2 saturated heterocycles. The van der Waals surface area contributed by atoms with Gasteiger partial charge in [-0.3, -0.25) is 4.79 Å². The minimum Gasteiger partial charge on any atom is -0.375 e. The van der Waals surface area contributed by atoms with E-state index in [0.29, 0.717) is 12.3 Å². The van der Waals surface area contributed by atoms with Gasteiger partial charge in [-0.15, -0.1) is 0 Å². The zero-order chi connectivity index (χ0) is 19.0. The Morgan fingerprint density at radius 2 is 1.93 bits per heavy atom. The zero-order valence-corrected chi connectivity index (χ0v) is 16.3. The highest BCUT2D eigenvalue weighted by atomic mass is 16.5. The summed E-state index contributed by atoms with van der Waals surface area (Å²) in [4.78, 5) is 15.0. The molecule has 4 nitrogen and oxygen atoms in total. The number of amides is 1. The topological polar surface area (TPSA) is 41.6 Å². The Morgan fingerprint density at radius 1 is 1.11 bits per heavy atom. The lowest BCUT2D eigenvalue weighted by atomic mass is 9.85. The molecule has 3 heterocycles. The van der Waals surface area contributed by atoms with Crippen molar-refractivity contribution in [1.29, 1.82) is 0 Å². The molecule has 3 aliphatic heterocycles. The van der Waals surface area contributed by atoms with Gasteiger partial charge >= 0.3 is 0 Å². The van der Waals surface area contributed by atoms with Crippen molar-refractivity contribution in [3.8, 4) is 11.1 Å². The Balaban J connectivity index is 1.27. The standard InChI is InChI=1S/C24H28N2O2/c27-23(14-18-16-24(28-17-18)9-11-25-12-10-24)26-13-8-21-15-20(6-7-22(21)26)19-4-2-1-3-5-19/h1-7,15,18,25H,8-14,16-17H2. The molecule has 1 unspecified atom stereocenters. The average molecular weight is 377 g/mol. The van der Waals surface area contributed by atoms with E-state index in [4.69, 9.17) is 4.74 Å². The fourth-order valence-corrected chi connectivity index (χ4v) is 5.13. The molecule has 0 bridgehead atoms. The summed E-state index contributed by atoms with van der Waals surface area (Å²) in [6.07, 6.45) is 4.74. The molecule has 2 fully saturated rings. The number of benzene rings is 2.